The van der Waals surface area contributed by atoms with Crippen LogP contribution in [0, 0.1) is 11.2 Å². The molecule has 5 rings (SSSR count). The van der Waals surface area contributed by atoms with Gasteiger partial charge in [-0.3, -0.25) is 0 Å². The fraction of sp³-hybridized carbons (Fsp3) is 0.458. The third-order valence-corrected chi connectivity index (χ3v) is 8.94. The summed E-state index contributed by atoms with van der Waals surface area (Å²) in [5.41, 5.74) is 3.68. The molecule has 1 saturated heterocycles. The molecular formula is C24H30FN7O2S2. The van der Waals surface area contributed by atoms with E-state index >= 15 is 0 Å². The third-order valence-electron chi connectivity index (χ3n) is 6.84. The number of nitrogens with one attached hydrogen (secondary N) is 1. The highest BCUT2D eigenvalue weighted by Gasteiger charge is 2.44. The topological polar surface area (TPSA) is 99.4 Å². The molecular weight excluding hydrogens is 501 g/mol. The van der Waals surface area contributed by atoms with E-state index in [0.29, 0.717) is 22.5 Å². The Morgan fingerprint density at radius 1 is 1.22 bits per heavy atom. The van der Waals surface area contributed by atoms with Crippen molar-refractivity contribution in [3.05, 3.63) is 42.5 Å². The fourth-order valence-corrected chi connectivity index (χ4v) is 5.81. The summed E-state index contributed by atoms with van der Waals surface area (Å²) in [5.74, 6) is 0.761. The average molecular weight is 532 g/mol. The van der Waals surface area contributed by atoms with E-state index < -0.39 is 16.8 Å². The number of anilines is 2. The summed E-state index contributed by atoms with van der Waals surface area (Å²) >= 11 is 1.41. The number of hydrogen-bond acceptors (Lipinski definition) is 8. The van der Waals surface area contributed by atoms with Gasteiger partial charge in [0, 0.05) is 36.7 Å². The Morgan fingerprint density at radius 3 is 2.69 bits per heavy atom. The number of rotatable bonds is 9. The zero-order valence-electron chi connectivity index (χ0n) is 20.4. The fourth-order valence-electron chi connectivity index (χ4n) is 4.51. The second-order valence-electron chi connectivity index (χ2n) is 9.47. The van der Waals surface area contributed by atoms with Crippen LogP contribution in [0.4, 0.5) is 15.9 Å². The highest BCUT2D eigenvalue weighted by atomic mass is 32.2. The molecule has 1 unspecified atom stereocenters. The number of aromatic nitrogens is 4. The van der Waals surface area contributed by atoms with Crippen molar-refractivity contribution in [3.63, 3.8) is 0 Å². The van der Waals surface area contributed by atoms with Gasteiger partial charge in [-0.2, -0.15) is 0 Å². The highest BCUT2D eigenvalue weighted by Crippen LogP contribution is 2.54. The lowest BCUT2D eigenvalue weighted by atomic mass is 9.93. The quantitative estimate of drug-likeness (QED) is 0.320. The first-order valence-electron chi connectivity index (χ1n) is 11.9. The van der Waals surface area contributed by atoms with Gasteiger partial charge in [-0.15, -0.1) is 5.10 Å². The minimum absolute atomic E-state index is 0.0904. The lowest BCUT2D eigenvalue weighted by Gasteiger charge is -2.35. The van der Waals surface area contributed by atoms with Gasteiger partial charge in [-0.1, -0.05) is 5.21 Å². The van der Waals surface area contributed by atoms with Crippen LogP contribution in [-0.2, 0) is 11.0 Å². The molecule has 1 aliphatic carbocycles. The Kier molecular flexibility index (Phi) is 7.29. The minimum atomic E-state index is -1.62. The van der Waals surface area contributed by atoms with E-state index in [-0.39, 0.29) is 11.5 Å². The molecule has 0 bridgehead atoms. The lowest BCUT2D eigenvalue weighted by molar-refractivity contribution is 0.322. The van der Waals surface area contributed by atoms with Gasteiger partial charge in [0.2, 0.25) is 0 Å². The molecule has 1 aliphatic heterocycles. The molecule has 1 aromatic carbocycles. The van der Waals surface area contributed by atoms with Crippen LogP contribution in [0.3, 0.4) is 0 Å². The number of aliphatic hydroxyl groups is 1. The van der Waals surface area contributed by atoms with Gasteiger partial charge in [0.05, 0.1) is 29.1 Å². The van der Waals surface area contributed by atoms with Crippen molar-refractivity contribution in [2.45, 2.75) is 30.6 Å². The Morgan fingerprint density at radius 2 is 2.00 bits per heavy atom. The van der Waals surface area contributed by atoms with Crippen LogP contribution in [-0.4, -0.2) is 73.1 Å². The summed E-state index contributed by atoms with van der Waals surface area (Å²) in [6.07, 6.45) is 8.62. The number of hydrogen-bond donors (Lipinski definition) is 2. The number of nitrogens with zero attached hydrogens (tertiary/aromatic N) is 6. The maximum atomic E-state index is 14.3. The summed E-state index contributed by atoms with van der Waals surface area (Å²) in [5, 5.41) is 17.8. The molecule has 12 heteroatoms. The zero-order chi connectivity index (χ0) is 25.3. The van der Waals surface area contributed by atoms with E-state index in [4.69, 9.17) is 5.11 Å². The van der Waals surface area contributed by atoms with Gasteiger partial charge in [-0.25, -0.2) is 22.6 Å². The molecule has 1 saturated carbocycles. The lowest BCUT2D eigenvalue weighted by Crippen LogP contribution is -2.34. The third kappa shape index (κ3) is 5.26. The van der Waals surface area contributed by atoms with Crippen LogP contribution in [0.25, 0.3) is 16.9 Å². The Bertz CT molecular complexity index is 1260. The molecule has 0 radical (unpaired) electrons. The van der Waals surface area contributed by atoms with E-state index in [1.807, 2.05) is 6.07 Å². The summed E-state index contributed by atoms with van der Waals surface area (Å²) in [6, 6.07) is 6.45. The van der Waals surface area contributed by atoms with Crippen molar-refractivity contribution in [1.82, 2.24) is 24.3 Å². The molecule has 3 aromatic rings. The smallest absolute Gasteiger partial charge is 0.140 e. The minimum Gasteiger partial charge on any atom is -0.395 e. The van der Waals surface area contributed by atoms with Crippen molar-refractivity contribution >= 4 is 34.4 Å². The first-order chi connectivity index (χ1) is 17.4. The average Bonchev–Trinajstić information content (AvgIpc) is 3.45. The van der Waals surface area contributed by atoms with Crippen molar-refractivity contribution in [1.29, 1.82) is 0 Å². The second kappa shape index (κ2) is 10.4. The number of piperidine rings is 1. The number of pyridine rings is 1. The zero-order valence-corrected chi connectivity index (χ0v) is 22.0. The summed E-state index contributed by atoms with van der Waals surface area (Å²) in [4.78, 5) is 7.04. The second-order valence-corrected chi connectivity index (χ2v) is 12.0. The van der Waals surface area contributed by atoms with Crippen molar-refractivity contribution < 1.29 is 13.7 Å². The van der Waals surface area contributed by atoms with Gasteiger partial charge >= 0.3 is 0 Å². The van der Waals surface area contributed by atoms with E-state index in [2.05, 4.69) is 24.9 Å². The maximum Gasteiger partial charge on any atom is 0.140 e. The van der Waals surface area contributed by atoms with Gasteiger partial charge in [-0.05, 0) is 75.3 Å². The predicted octanol–water partition coefficient (Wildman–Crippen LogP) is 3.49. The standard InChI is InChI=1S/C24H30FN7O2S2/c1-30(2)36(34)22-13-17(3-4-19(22)25)32-16-20(27-29-32)18-15-26-23(28-35-12-11-33)14-21(18)31-9-7-24(5-6-24)8-10-31/h3-4,13-16,33H,5-12H2,1-2H3,(H,26,28). The summed E-state index contributed by atoms with van der Waals surface area (Å²) < 4.78 is 33.0. The molecule has 1 spiro atoms. The van der Waals surface area contributed by atoms with Crippen LogP contribution in [0.15, 0.2) is 41.6 Å². The summed E-state index contributed by atoms with van der Waals surface area (Å²) in [7, 11) is 1.65. The molecule has 0 amide bonds. The molecule has 2 aliphatic rings. The van der Waals surface area contributed by atoms with Crippen molar-refractivity contribution in [2.24, 2.45) is 5.41 Å². The van der Waals surface area contributed by atoms with Crippen LogP contribution >= 0.6 is 11.9 Å². The van der Waals surface area contributed by atoms with Crippen molar-refractivity contribution in [2.75, 3.05) is 49.2 Å². The maximum absolute atomic E-state index is 14.3. The van der Waals surface area contributed by atoms with Gasteiger partial charge < -0.3 is 14.7 Å². The van der Waals surface area contributed by atoms with Crippen LogP contribution in [0.5, 0.6) is 0 Å². The first-order valence-corrected chi connectivity index (χ1v) is 14.0. The number of aliphatic hydroxyl groups excluding tert-OH is 1. The SMILES string of the molecule is CN(C)S(=O)c1cc(-n2cc(-c3cnc(NSCCO)cc3N3CCC4(CC3)CC4)nn2)ccc1F. The largest absolute Gasteiger partial charge is 0.395 e. The van der Waals surface area contributed by atoms with Crippen LogP contribution in [0.2, 0.25) is 0 Å². The first kappa shape index (κ1) is 25.1. The number of halogens is 1. The molecule has 36 heavy (non-hydrogen) atoms. The summed E-state index contributed by atoms with van der Waals surface area (Å²) in [6.45, 7) is 2.05. The van der Waals surface area contributed by atoms with E-state index in [1.165, 1.54) is 54.1 Å². The molecule has 9 nitrogen and oxygen atoms in total. The molecule has 2 aromatic heterocycles. The van der Waals surface area contributed by atoms with Gasteiger partial charge in [0.25, 0.3) is 0 Å². The van der Waals surface area contributed by atoms with Crippen molar-refractivity contribution in [3.8, 4) is 16.9 Å². The molecule has 2 N–H and O–H groups in total. The van der Waals surface area contributed by atoms with Crippen LogP contribution in [0.1, 0.15) is 25.7 Å². The van der Waals surface area contributed by atoms with Gasteiger partial charge in [0.1, 0.15) is 28.3 Å². The Hall–Kier alpha value is -2.54. The van der Waals surface area contributed by atoms with E-state index in [9.17, 15) is 8.60 Å². The highest BCUT2D eigenvalue weighted by molar-refractivity contribution is 8.00. The predicted molar refractivity (Wildman–Crippen MR) is 141 cm³/mol. The molecule has 3 heterocycles. The number of benzene rings is 1. The Labute approximate surface area is 216 Å². The van der Waals surface area contributed by atoms with E-state index in [0.717, 1.165) is 30.2 Å². The monoisotopic (exact) mass is 531 g/mol. The van der Waals surface area contributed by atoms with Crippen LogP contribution < -0.4 is 9.62 Å². The molecule has 2 fully saturated rings. The molecule has 192 valence electrons. The van der Waals surface area contributed by atoms with Gasteiger partial charge in [0.15, 0.2) is 0 Å². The normalized spacial score (nSPS) is 17.5. The molecule has 1 atom stereocenters. The van der Waals surface area contributed by atoms with E-state index in [1.54, 1.807) is 37.2 Å². The Balaban J connectivity index is 1.46.